The van der Waals surface area contributed by atoms with E-state index in [1.165, 1.54) is 0 Å². The van der Waals surface area contributed by atoms with Crippen molar-refractivity contribution in [1.82, 2.24) is 5.32 Å². The quantitative estimate of drug-likeness (QED) is 0.879. The molecule has 1 aliphatic carbocycles. The van der Waals surface area contributed by atoms with Crippen molar-refractivity contribution >= 4 is 16.9 Å². The first-order valence-corrected chi connectivity index (χ1v) is 7.15. The Balaban J connectivity index is 1.56. The number of hydrogen-bond donors (Lipinski definition) is 2. The number of benzene rings is 1. The number of nitrogens with one attached hydrogen (secondary N) is 1. The van der Waals surface area contributed by atoms with Crippen molar-refractivity contribution in [2.45, 2.75) is 25.8 Å². The van der Waals surface area contributed by atoms with Crippen LogP contribution in [0.4, 0.5) is 0 Å². The number of carbonyl (C=O) groups is 1. The van der Waals surface area contributed by atoms with Crippen LogP contribution in [0.2, 0.25) is 0 Å². The second kappa shape index (κ2) is 5.67. The average molecular weight is 273 g/mol. The van der Waals surface area contributed by atoms with E-state index in [0.29, 0.717) is 6.54 Å². The molecule has 0 amide bonds. The molecule has 3 rings (SSSR count). The summed E-state index contributed by atoms with van der Waals surface area (Å²) in [7, 11) is 0. The van der Waals surface area contributed by atoms with E-state index < -0.39 is 5.97 Å². The lowest BCUT2D eigenvalue weighted by atomic mass is 9.96. The second-order valence-electron chi connectivity index (χ2n) is 5.52. The summed E-state index contributed by atoms with van der Waals surface area (Å²) < 4.78 is 5.73. The van der Waals surface area contributed by atoms with Crippen molar-refractivity contribution in [3.8, 4) is 0 Å². The monoisotopic (exact) mass is 273 g/mol. The number of para-hydroxylation sites is 1. The molecule has 0 spiro atoms. The number of rotatable bonds is 5. The molecule has 0 radical (unpaired) electrons. The molecule has 20 heavy (non-hydrogen) atoms. The van der Waals surface area contributed by atoms with Crippen molar-refractivity contribution in [1.29, 1.82) is 0 Å². The van der Waals surface area contributed by atoms with Gasteiger partial charge < -0.3 is 14.8 Å². The minimum atomic E-state index is -0.655. The Bertz CT molecular complexity index is 572. The van der Waals surface area contributed by atoms with Gasteiger partial charge in [0.15, 0.2) is 0 Å². The SMILES string of the molecule is O=C(O)C1CCCC1CNCc1cc2ccccc2o1. The van der Waals surface area contributed by atoms with E-state index in [9.17, 15) is 4.79 Å². The zero-order chi connectivity index (χ0) is 13.9. The number of furan rings is 1. The van der Waals surface area contributed by atoms with E-state index in [0.717, 1.165) is 42.5 Å². The van der Waals surface area contributed by atoms with Gasteiger partial charge in [-0.15, -0.1) is 0 Å². The molecule has 4 heteroatoms. The maximum absolute atomic E-state index is 11.1. The molecule has 2 unspecified atom stereocenters. The predicted octanol–water partition coefficient (Wildman–Crippen LogP) is 3.02. The molecule has 0 aliphatic heterocycles. The molecule has 2 N–H and O–H groups in total. The molecule has 1 aromatic heterocycles. The maximum Gasteiger partial charge on any atom is 0.306 e. The molecule has 1 saturated carbocycles. The third kappa shape index (κ3) is 2.70. The summed E-state index contributed by atoms with van der Waals surface area (Å²) in [5, 5.41) is 13.6. The van der Waals surface area contributed by atoms with Gasteiger partial charge in [0.25, 0.3) is 0 Å². The minimum absolute atomic E-state index is 0.182. The van der Waals surface area contributed by atoms with Crippen LogP contribution in [0.1, 0.15) is 25.0 Å². The maximum atomic E-state index is 11.1. The van der Waals surface area contributed by atoms with Crippen molar-refractivity contribution in [3.63, 3.8) is 0 Å². The van der Waals surface area contributed by atoms with Gasteiger partial charge in [-0.2, -0.15) is 0 Å². The Morgan fingerprint density at radius 2 is 2.20 bits per heavy atom. The zero-order valence-electron chi connectivity index (χ0n) is 11.3. The molecular formula is C16H19NO3. The number of hydrogen-bond acceptors (Lipinski definition) is 3. The molecule has 1 heterocycles. The highest BCUT2D eigenvalue weighted by Crippen LogP contribution is 2.31. The molecular weight excluding hydrogens is 254 g/mol. The van der Waals surface area contributed by atoms with Crippen LogP contribution in [-0.4, -0.2) is 17.6 Å². The van der Waals surface area contributed by atoms with Crippen molar-refractivity contribution in [3.05, 3.63) is 36.1 Å². The van der Waals surface area contributed by atoms with Gasteiger partial charge >= 0.3 is 5.97 Å². The first kappa shape index (κ1) is 13.2. The number of carboxylic acids is 1. The standard InChI is InChI=1S/C16H19NO3/c18-16(19)14-6-3-5-12(14)9-17-10-13-8-11-4-1-2-7-15(11)20-13/h1-2,4,7-8,12,14,17H,3,5-6,9-10H2,(H,18,19). The van der Waals surface area contributed by atoms with Crippen molar-refractivity contribution in [2.75, 3.05) is 6.54 Å². The third-order valence-electron chi connectivity index (χ3n) is 4.16. The number of carboxylic acid groups (broad SMARTS) is 1. The topological polar surface area (TPSA) is 62.5 Å². The summed E-state index contributed by atoms with van der Waals surface area (Å²) >= 11 is 0. The summed E-state index contributed by atoms with van der Waals surface area (Å²) in [4.78, 5) is 11.1. The van der Waals surface area contributed by atoms with Gasteiger partial charge in [0, 0.05) is 5.39 Å². The Kier molecular flexibility index (Phi) is 3.74. The molecule has 2 aromatic rings. The fourth-order valence-corrected chi connectivity index (χ4v) is 3.11. The lowest BCUT2D eigenvalue weighted by molar-refractivity contribution is -0.142. The average Bonchev–Trinajstić information content (AvgIpc) is 3.04. The van der Waals surface area contributed by atoms with Crippen LogP contribution in [0.15, 0.2) is 34.7 Å². The first-order chi connectivity index (χ1) is 9.74. The fraction of sp³-hybridized carbons (Fsp3) is 0.438. The fourth-order valence-electron chi connectivity index (χ4n) is 3.11. The van der Waals surface area contributed by atoms with E-state index in [1.54, 1.807) is 0 Å². The highest BCUT2D eigenvalue weighted by molar-refractivity contribution is 5.77. The van der Waals surface area contributed by atoms with Gasteiger partial charge in [0.05, 0.1) is 12.5 Å². The third-order valence-corrected chi connectivity index (χ3v) is 4.16. The molecule has 1 fully saturated rings. The Morgan fingerprint density at radius 1 is 1.35 bits per heavy atom. The van der Waals surface area contributed by atoms with Crippen LogP contribution in [0.3, 0.4) is 0 Å². The highest BCUT2D eigenvalue weighted by atomic mass is 16.4. The summed E-state index contributed by atoms with van der Waals surface area (Å²) in [5.74, 6) is 0.309. The van der Waals surface area contributed by atoms with Gasteiger partial charge in [-0.25, -0.2) is 0 Å². The van der Waals surface area contributed by atoms with Gasteiger partial charge in [0.1, 0.15) is 11.3 Å². The van der Waals surface area contributed by atoms with Crippen molar-refractivity contribution < 1.29 is 14.3 Å². The van der Waals surface area contributed by atoms with Crippen LogP contribution < -0.4 is 5.32 Å². The number of aliphatic carboxylic acids is 1. The largest absolute Gasteiger partial charge is 0.481 e. The first-order valence-electron chi connectivity index (χ1n) is 7.15. The van der Waals surface area contributed by atoms with Crippen LogP contribution in [0, 0.1) is 11.8 Å². The van der Waals surface area contributed by atoms with Gasteiger partial charge in [-0.3, -0.25) is 4.79 Å². The lowest BCUT2D eigenvalue weighted by Gasteiger charge is -2.15. The Labute approximate surface area is 117 Å². The molecule has 4 nitrogen and oxygen atoms in total. The van der Waals surface area contributed by atoms with Crippen LogP contribution >= 0.6 is 0 Å². The summed E-state index contributed by atoms with van der Waals surface area (Å²) in [6.45, 7) is 1.39. The molecule has 0 saturated heterocycles. The van der Waals surface area contributed by atoms with Crippen LogP contribution in [0.25, 0.3) is 11.0 Å². The normalized spacial score (nSPS) is 22.4. The van der Waals surface area contributed by atoms with Gasteiger partial charge in [-0.1, -0.05) is 24.6 Å². The van der Waals surface area contributed by atoms with E-state index in [-0.39, 0.29) is 11.8 Å². The van der Waals surface area contributed by atoms with E-state index in [1.807, 2.05) is 30.3 Å². The minimum Gasteiger partial charge on any atom is -0.481 e. The molecule has 0 bridgehead atoms. The van der Waals surface area contributed by atoms with Gasteiger partial charge in [-0.05, 0) is 37.4 Å². The van der Waals surface area contributed by atoms with Gasteiger partial charge in [0.2, 0.25) is 0 Å². The highest BCUT2D eigenvalue weighted by Gasteiger charge is 2.32. The summed E-state index contributed by atoms with van der Waals surface area (Å²) in [6, 6.07) is 9.96. The second-order valence-corrected chi connectivity index (χ2v) is 5.52. The van der Waals surface area contributed by atoms with Crippen LogP contribution in [-0.2, 0) is 11.3 Å². The smallest absolute Gasteiger partial charge is 0.306 e. The zero-order valence-corrected chi connectivity index (χ0v) is 11.3. The van der Waals surface area contributed by atoms with E-state index in [4.69, 9.17) is 9.52 Å². The Hall–Kier alpha value is -1.81. The molecule has 106 valence electrons. The van der Waals surface area contributed by atoms with Crippen LogP contribution in [0.5, 0.6) is 0 Å². The molecule has 1 aliphatic rings. The molecule has 2 atom stereocenters. The lowest BCUT2D eigenvalue weighted by Crippen LogP contribution is -2.28. The predicted molar refractivity (Wildman–Crippen MR) is 76.4 cm³/mol. The summed E-state index contributed by atoms with van der Waals surface area (Å²) in [5.41, 5.74) is 0.897. The van der Waals surface area contributed by atoms with Crippen molar-refractivity contribution in [2.24, 2.45) is 11.8 Å². The number of fused-ring (bicyclic) bond motifs is 1. The van der Waals surface area contributed by atoms with E-state index >= 15 is 0 Å². The summed E-state index contributed by atoms with van der Waals surface area (Å²) in [6.07, 6.45) is 2.84. The molecule has 1 aromatic carbocycles. The van der Waals surface area contributed by atoms with E-state index in [2.05, 4.69) is 5.32 Å². The Morgan fingerprint density at radius 3 is 3.00 bits per heavy atom.